The van der Waals surface area contributed by atoms with Crippen LogP contribution in [-0.2, 0) is 17.9 Å². The Labute approximate surface area is 212 Å². The molecule has 186 valence electrons. The number of thiophene rings is 1. The number of nitrogens with zero attached hydrogens (tertiary/aromatic N) is 3. The van der Waals surface area contributed by atoms with Gasteiger partial charge < -0.3 is 15.0 Å². The molecule has 36 heavy (non-hydrogen) atoms. The van der Waals surface area contributed by atoms with Crippen LogP contribution in [-0.4, -0.2) is 35.7 Å². The molecular weight excluding hydrogens is 479 g/mol. The number of fused-ring (bicyclic) bond motifs is 1. The van der Waals surface area contributed by atoms with Crippen LogP contribution in [0.5, 0.6) is 5.75 Å². The number of ether oxygens (including phenoxy) is 1. The van der Waals surface area contributed by atoms with Gasteiger partial charge in [-0.15, -0.1) is 11.3 Å². The van der Waals surface area contributed by atoms with Crippen LogP contribution in [0.1, 0.15) is 24.0 Å². The molecule has 1 fully saturated rings. The number of aromatic nitrogens is 2. The normalized spacial score (nSPS) is 14.2. The minimum absolute atomic E-state index is 0.0374. The lowest BCUT2D eigenvalue weighted by atomic mass is 9.96. The van der Waals surface area contributed by atoms with Crippen LogP contribution < -0.4 is 20.5 Å². The van der Waals surface area contributed by atoms with E-state index in [0.29, 0.717) is 55.2 Å². The van der Waals surface area contributed by atoms with E-state index in [1.54, 1.807) is 23.8 Å². The average molecular weight is 507 g/mol. The molecule has 7 nitrogen and oxygen atoms in total. The molecule has 1 amide bonds. The van der Waals surface area contributed by atoms with E-state index in [1.165, 1.54) is 23.5 Å². The second-order valence-electron chi connectivity index (χ2n) is 8.89. The minimum atomic E-state index is -0.314. The van der Waals surface area contributed by atoms with Gasteiger partial charge in [-0.05, 0) is 59.7 Å². The highest BCUT2D eigenvalue weighted by molar-refractivity contribution is 7.17. The van der Waals surface area contributed by atoms with Crippen molar-refractivity contribution in [1.29, 1.82) is 0 Å². The largest absolute Gasteiger partial charge is 0.497 e. The van der Waals surface area contributed by atoms with Crippen molar-refractivity contribution in [3.05, 3.63) is 87.3 Å². The van der Waals surface area contributed by atoms with Crippen LogP contribution in [0, 0.1) is 11.7 Å². The molecule has 0 unspecified atom stereocenters. The summed E-state index contributed by atoms with van der Waals surface area (Å²) in [5.41, 5.74) is 2.41. The van der Waals surface area contributed by atoms with Crippen molar-refractivity contribution in [2.75, 3.05) is 25.1 Å². The number of carbonyl (C=O) groups is 1. The zero-order chi connectivity index (χ0) is 25.1. The average Bonchev–Trinajstić information content (AvgIpc) is 3.39. The predicted octanol–water partition coefficient (Wildman–Crippen LogP) is 4.19. The number of anilines is 1. The van der Waals surface area contributed by atoms with Crippen LogP contribution in [0.4, 0.5) is 10.3 Å². The Kier molecular flexibility index (Phi) is 6.99. The third kappa shape index (κ3) is 5.11. The van der Waals surface area contributed by atoms with E-state index in [1.807, 2.05) is 35.7 Å². The Morgan fingerprint density at radius 1 is 1.08 bits per heavy atom. The number of nitrogens with one attached hydrogen (secondary N) is 1. The summed E-state index contributed by atoms with van der Waals surface area (Å²) in [6.45, 7) is 2.01. The van der Waals surface area contributed by atoms with E-state index >= 15 is 0 Å². The van der Waals surface area contributed by atoms with Crippen molar-refractivity contribution in [1.82, 2.24) is 14.9 Å². The molecule has 0 saturated carbocycles. The topological polar surface area (TPSA) is 76.5 Å². The first-order valence-electron chi connectivity index (χ1n) is 11.9. The van der Waals surface area contributed by atoms with E-state index < -0.39 is 0 Å². The summed E-state index contributed by atoms with van der Waals surface area (Å²) < 4.78 is 20.8. The monoisotopic (exact) mass is 506 g/mol. The Morgan fingerprint density at radius 3 is 2.47 bits per heavy atom. The maximum Gasteiger partial charge on any atom is 0.273 e. The molecule has 1 saturated heterocycles. The summed E-state index contributed by atoms with van der Waals surface area (Å²) >= 11 is 1.37. The van der Waals surface area contributed by atoms with E-state index in [0.717, 1.165) is 16.9 Å². The number of rotatable bonds is 7. The van der Waals surface area contributed by atoms with E-state index in [-0.39, 0.29) is 23.2 Å². The molecule has 2 aromatic heterocycles. The molecule has 1 aliphatic rings. The summed E-state index contributed by atoms with van der Waals surface area (Å²) in [6, 6.07) is 15.6. The fourth-order valence-corrected chi connectivity index (χ4v) is 5.29. The fourth-order valence-electron chi connectivity index (χ4n) is 4.51. The summed E-state index contributed by atoms with van der Waals surface area (Å²) in [5.74, 6) is 1.000. The number of hydrogen-bond donors (Lipinski definition) is 1. The SMILES string of the molecule is COc1ccc(CNC(=O)C2CCN(c3nc4ccsc4c(=O)n3Cc3ccc(F)cc3)CC2)cc1. The molecule has 9 heteroatoms. The number of hydrogen-bond acceptors (Lipinski definition) is 6. The van der Waals surface area contributed by atoms with Gasteiger partial charge in [-0.1, -0.05) is 24.3 Å². The molecule has 1 N–H and O–H groups in total. The molecule has 2 aromatic carbocycles. The highest BCUT2D eigenvalue weighted by Crippen LogP contribution is 2.25. The van der Waals surface area contributed by atoms with E-state index in [2.05, 4.69) is 10.2 Å². The highest BCUT2D eigenvalue weighted by Gasteiger charge is 2.27. The highest BCUT2D eigenvalue weighted by atomic mass is 32.1. The minimum Gasteiger partial charge on any atom is -0.497 e. The molecule has 4 aromatic rings. The Balaban J connectivity index is 1.28. The van der Waals surface area contributed by atoms with Crippen LogP contribution in [0.15, 0.2) is 64.8 Å². The molecular formula is C27H27FN4O3S. The van der Waals surface area contributed by atoms with Gasteiger partial charge in [-0.3, -0.25) is 14.2 Å². The molecule has 0 aliphatic carbocycles. The summed E-state index contributed by atoms with van der Waals surface area (Å²) in [5, 5.41) is 4.91. The first-order chi connectivity index (χ1) is 17.5. The zero-order valence-electron chi connectivity index (χ0n) is 19.9. The van der Waals surface area contributed by atoms with Crippen molar-refractivity contribution >= 4 is 33.4 Å². The quantitative estimate of drug-likeness (QED) is 0.407. The van der Waals surface area contributed by atoms with Gasteiger partial charge in [0, 0.05) is 25.6 Å². The zero-order valence-corrected chi connectivity index (χ0v) is 20.8. The van der Waals surface area contributed by atoms with Gasteiger partial charge in [0.15, 0.2) is 0 Å². The number of benzene rings is 2. The van der Waals surface area contributed by atoms with Crippen LogP contribution in [0.2, 0.25) is 0 Å². The predicted molar refractivity (Wildman–Crippen MR) is 139 cm³/mol. The fraction of sp³-hybridized carbons (Fsp3) is 0.296. The first kappa shape index (κ1) is 24.0. The molecule has 0 bridgehead atoms. The maximum atomic E-state index is 13.4. The van der Waals surface area contributed by atoms with E-state index in [9.17, 15) is 14.0 Å². The Hall–Kier alpha value is -3.72. The number of methoxy groups -OCH3 is 1. The summed E-state index contributed by atoms with van der Waals surface area (Å²) in [6.07, 6.45) is 1.34. The number of halogens is 1. The smallest absolute Gasteiger partial charge is 0.273 e. The van der Waals surface area contributed by atoms with Gasteiger partial charge in [0.25, 0.3) is 5.56 Å². The molecule has 1 aliphatic heterocycles. The second-order valence-corrected chi connectivity index (χ2v) is 9.81. The van der Waals surface area contributed by atoms with Gasteiger partial charge in [-0.2, -0.15) is 0 Å². The lowest BCUT2D eigenvalue weighted by Crippen LogP contribution is -2.42. The van der Waals surface area contributed by atoms with Crippen LogP contribution in [0.3, 0.4) is 0 Å². The lowest BCUT2D eigenvalue weighted by Gasteiger charge is -2.33. The van der Waals surface area contributed by atoms with Gasteiger partial charge in [-0.25, -0.2) is 9.37 Å². The lowest BCUT2D eigenvalue weighted by molar-refractivity contribution is -0.125. The third-order valence-electron chi connectivity index (χ3n) is 6.57. The maximum absolute atomic E-state index is 13.4. The first-order valence-corrected chi connectivity index (χ1v) is 12.8. The third-order valence-corrected chi connectivity index (χ3v) is 7.47. The second kappa shape index (κ2) is 10.5. The molecule has 0 atom stereocenters. The van der Waals surface area contributed by atoms with Gasteiger partial charge >= 0.3 is 0 Å². The van der Waals surface area contributed by atoms with Crippen molar-refractivity contribution < 1.29 is 13.9 Å². The Bertz CT molecular complexity index is 1410. The molecule has 3 heterocycles. The summed E-state index contributed by atoms with van der Waals surface area (Å²) in [7, 11) is 1.62. The van der Waals surface area contributed by atoms with Gasteiger partial charge in [0.2, 0.25) is 11.9 Å². The number of amides is 1. The molecule has 5 rings (SSSR count). The van der Waals surface area contributed by atoms with Crippen molar-refractivity contribution in [2.45, 2.75) is 25.9 Å². The van der Waals surface area contributed by atoms with Gasteiger partial charge in [0.1, 0.15) is 16.3 Å². The molecule has 0 spiro atoms. The van der Waals surface area contributed by atoms with Crippen molar-refractivity contribution in [3.63, 3.8) is 0 Å². The standard InChI is InChI=1S/C27H27FN4O3S/c1-35-22-8-4-18(5-9-22)16-29-25(33)20-10-13-31(14-11-20)27-30-23-12-15-36-24(23)26(34)32(27)17-19-2-6-21(28)7-3-19/h2-9,12,15,20H,10-11,13-14,16-17H2,1H3,(H,29,33). The van der Waals surface area contributed by atoms with E-state index in [4.69, 9.17) is 9.72 Å². The van der Waals surface area contributed by atoms with Crippen LogP contribution in [0.25, 0.3) is 10.2 Å². The number of carbonyl (C=O) groups excluding carboxylic acids is 1. The number of piperidine rings is 1. The van der Waals surface area contributed by atoms with Crippen molar-refractivity contribution in [3.8, 4) is 5.75 Å². The van der Waals surface area contributed by atoms with Crippen molar-refractivity contribution in [2.24, 2.45) is 5.92 Å². The van der Waals surface area contributed by atoms with Gasteiger partial charge in [0.05, 0.1) is 19.2 Å². The Morgan fingerprint density at radius 2 is 1.78 bits per heavy atom. The van der Waals surface area contributed by atoms with Crippen LogP contribution >= 0.6 is 11.3 Å². The molecule has 0 radical (unpaired) electrons. The summed E-state index contributed by atoms with van der Waals surface area (Å²) in [4.78, 5) is 33.0.